The van der Waals surface area contributed by atoms with Gasteiger partial charge in [-0.2, -0.15) is 0 Å². The molecular weight excluding hydrogens is 308 g/mol. The standard InChI is InChI=1S/C19H23ClN2O/c1-12-14(4-2-3-13-7-15(12)8-13)11-23-19-10-21-17-6-5-16(20)9-18(17)22-19/h5-6,9-10,12-15H,2-4,7-8,11H2,1H3. The van der Waals surface area contributed by atoms with Crippen LogP contribution >= 0.6 is 11.6 Å². The first kappa shape index (κ1) is 15.2. The van der Waals surface area contributed by atoms with E-state index in [4.69, 9.17) is 16.3 Å². The van der Waals surface area contributed by atoms with Gasteiger partial charge in [-0.1, -0.05) is 31.4 Å². The molecule has 3 fully saturated rings. The molecule has 0 amide bonds. The minimum atomic E-state index is 0.612. The van der Waals surface area contributed by atoms with Crippen molar-refractivity contribution in [1.29, 1.82) is 0 Å². The molecule has 3 aliphatic rings. The summed E-state index contributed by atoms with van der Waals surface area (Å²) >= 11 is 6.03. The fourth-order valence-electron chi connectivity index (χ4n) is 4.23. The van der Waals surface area contributed by atoms with E-state index in [-0.39, 0.29) is 0 Å². The molecule has 3 nitrogen and oxygen atoms in total. The highest BCUT2D eigenvalue weighted by atomic mass is 35.5. The van der Waals surface area contributed by atoms with Gasteiger partial charge < -0.3 is 4.74 Å². The summed E-state index contributed by atoms with van der Waals surface area (Å²) in [6, 6.07) is 5.56. The lowest BCUT2D eigenvalue weighted by atomic mass is 9.61. The number of aromatic nitrogens is 2. The zero-order chi connectivity index (χ0) is 15.8. The molecule has 0 radical (unpaired) electrons. The second-order valence-corrected chi connectivity index (χ2v) is 7.74. The Hall–Kier alpha value is -1.35. The van der Waals surface area contributed by atoms with Crippen molar-refractivity contribution >= 4 is 22.6 Å². The highest BCUT2D eigenvalue weighted by molar-refractivity contribution is 6.31. The number of fused-ring (bicyclic) bond motifs is 5. The zero-order valence-corrected chi connectivity index (χ0v) is 14.3. The topological polar surface area (TPSA) is 35.0 Å². The Morgan fingerprint density at radius 1 is 1.22 bits per heavy atom. The summed E-state index contributed by atoms with van der Waals surface area (Å²) in [5.74, 6) is 3.93. The molecule has 3 saturated carbocycles. The van der Waals surface area contributed by atoms with Crippen molar-refractivity contribution in [2.45, 2.75) is 39.0 Å². The van der Waals surface area contributed by atoms with Crippen LogP contribution in [0.1, 0.15) is 39.0 Å². The SMILES string of the molecule is CC1C(COc2cnc3ccc(Cl)cc3n2)CCCC2CC1C2. The molecule has 2 bridgehead atoms. The van der Waals surface area contributed by atoms with Crippen LogP contribution in [0.2, 0.25) is 5.02 Å². The molecule has 0 saturated heterocycles. The van der Waals surface area contributed by atoms with Gasteiger partial charge in [0.2, 0.25) is 5.88 Å². The number of ether oxygens (including phenoxy) is 1. The summed E-state index contributed by atoms with van der Waals surface area (Å²) in [6.45, 7) is 3.16. The largest absolute Gasteiger partial charge is 0.476 e. The summed E-state index contributed by atoms with van der Waals surface area (Å²) in [4.78, 5) is 8.96. The molecule has 122 valence electrons. The summed E-state index contributed by atoms with van der Waals surface area (Å²) in [7, 11) is 0. The Morgan fingerprint density at radius 2 is 2.09 bits per heavy atom. The number of halogens is 1. The fourth-order valence-corrected chi connectivity index (χ4v) is 4.40. The van der Waals surface area contributed by atoms with Crippen LogP contribution in [-0.4, -0.2) is 16.6 Å². The van der Waals surface area contributed by atoms with E-state index in [0.717, 1.165) is 35.4 Å². The van der Waals surface area contributed by atoms with Crippen LogP contribution in [0.3, 0.4) is 0 Å². The molecule has 0 spiro atoms. The number of hydrogen-bond donors (Lipinski definition) is 0. The predicted molar refractivity (Wildman–Crippen MR) is 92.8 cm³/mol. The maximum Gasteiger partial charge on any atom is 0.232 e. The lowest BCUT2D eigenvalue weighted by Gasteiger charge is -2.44. The van der Waals surface area contributed by atoms with Gasteiger partial charge in [0.05, 0.1) is 23.8 Å². The van der Waals surface area contributed by atoms with Crippen molar-refractivity contribution in [2.75, 3.05) is 6.61 Å². The van der Waals surface area contributed by atoms with Crippen molar-refractivity contribution in [3.63, 3.8) is 0 Å². The van der Waals surface area contributed by atoms with Crippen LogP contribution in [0.5, 0.6) is 5.88 Å². The average molecular weight is 331 g/mol. The Labute approximate surface area is 142 Å². The van der Waals surface area contributed by atoms with E-state index in [9.17, 15) is 0 Å². The Kier molecular flexibility index (Phi) is 4.14. The molecule has 2 unspecified atom stereocenters. The molecule has 3 aliphatic carbocycles. The number of benzene rings is 1. The summed E-state index contributed by atoms with van der Waals surface area (Å²) in [5, 5.41) is 0.678. The van der Waals surface area contributed by atoms with Gasteiger partial charge in [-0.3, -0.25) is 0 Å². The Bertz CT molecular complexity index is 699. The normalized spacial score (nSPS) is 30.3. The molecule has 2 aromatic rings. The van der Waals surface area contributed by atoms with Gasteiger partial charge in [0.25, 0.3) is 0 Å². The second kappa shape index (κ2) is 6.27. The monoisotopic (exact) mass is 330 g/mol. The third-order valence-electron chi connectivity index (χ3n) is 5.87. The van der Waals surface area contributed by atoms with Crippen LogP contribution in [-0.2, 0) is 0 Å². The van der Waals surface area contributed by atoms with E-state index in [2.05, 4.69) is 16.9 Å². The summed E-state index contributed by atoms with van der Waals surface area (Å²) in [5.41, 5.74) is 1.64. The quantitative estimate of drug-likeness (QED) is 0.783. The van der Waals surface area contributed by atoms with E-state index in [1.807, 2.05) is 18.2 Å². The van der Waals surface area contributed by atoms with Crippen LogP contribution in [0.15, 0.2) is 24.4 Å². The smallest absolute Gasteiger partial charge is 0.232 e. The van der Waals surface area contributed by atoms with E-state index >= 15 is 0 Å². The predicted octanol–water partition coefficient (Wildman–Crippen LogP) is 5.12. The maximum absolute atomic E-state index is 6.03. The number of nitrogens with zero attached hydrogens (tertiary/aromatic N) is 2. The first-order valence-corrected chi connectivity index (χ1v) is 9.12. The lowest BCUT2D eigenvalue weighted by molar-refractivity contribution is 0.0406. The molecule has 5 rings (SSSR count). The fraction of sp³-hybridized carbons (Fsp3) is 0.579. The minimum Gasteiger partial charge on any atom is -0.476 e. The van der Waals surface area contributed by atoms with E-state index in [1.54, 1.807) is 6.20 Å². The highest BCUT2D eigenvalue weighted by Gasteiger charge is 2.38. The van der Waals surface area contributed by atoms with Gasteiger partial charge in [0.15, 0.2) is 0 Å². The maximum atomic E-state index is 6.03. The molecule has 4 heteroatoms. The molecule has 1 aromatic heterocycles. The molecule has 23 heavy (non-hydrogen) atoms. The van der Waals surface area contributed by atoms with Crippen molar-refractivity contribution < 1.29 is 4.74 Å². The van der Waals surface area contributed by atoms with Gasteiger partial charge in [-0.15, -0.1) is 0 Å². The highest BCUT2D eigenvalue weighted by Crippen LogP contribution is 2.47. The number of hydrogen-bond acceptors (Lipinski definition) is 3. The Balaban J connectivity index is 1.45. The third kappa shape index (κ3) is 3.16. The summed E-state index contributed by atoms with van der Waals surface area (Å²) in [6.07, 6.45) is 8.63. The molecule has 0 N–H and O–H groups in total. The number of rotatable bonds is 3. The van der Waals surface area contributed by atoms with Crippen molar-refractivity contribution in [3.8, 4) is 5.88 Å². The lowest BCUT2D eigenvalue weighted by Crippen LogP contribution is -2.37. The van der Waals surface area contributed by atoms with Crippen molar-refractivity contribution in [2.24, 2.45) is 23.7 Å². The molecule has 1 aromatic carbocycles. The molecule has 1 heterocycles. The van der Waals surface area contributed by atoms with E-state index in [1.165, 1.54) is 32.1 Å². The third-order valence-corrected chi connectivity index (χ3v) is 6.11. The van der Waals surface area contributed by atoms with Crippen LogP contribution in [0, 0.1) is 23.7 Å². The second-order valence-electron chi connectivity index (χ2n) is 7.30. The molecule has 0 aliphatic heterocycles. The van der Waals surface area contributed by atoms with Gasteiger partial charge in [-0.25, -0.2) is 9.97 Å². The van der Waals surface area contributed by atoms with Gasteiger partial charge in [-0.05, 0) is 61.1 Å². The molecular formula is C19H23ClN2O. The van der Waals surface area contributed by atoms with E-state index in [0.29, 0.717) is 16.8 Å². The van der Waals surface area contributed by atoms with Crippen LogP contribution in [0.4, 0.5) is 0 Å². The average Bonchev–Trinajstić information content (AvgIpc) is 2.49. The first-order chi connectivity index (χ1) is 11.2. The van der Waals surface area contributed by atoms with Gasteiger partial charge in [0.1, 0.15) is 0 Å². The van der Waals surface area contributed by atoms with Crippen LogP contribution in [0.25, 0.3) is 11.0 Å². The summed E-state index contributed by atoms with van der Waals surface area (Å²) < 4.78 is 6.01. The molecule has 2 atom stereocenters. The van der Waals surface area contributed by atoms with E-state index < -0.39 is 0 Å². The first-order valence-electron chi connectivity index (χ1n) is 8.74. The van der Waals surface area contributed by atoms with Crippen LogP contribution < -0.4 is 4.74 Å². The van der Waals surface area contributed by atoms with Gasteiger partial charge >= 0.3 is 0 Å². The van der Waals surface area contributed by atoms with Crippen molar-refractivity contribution in [1.82, 2.24) is 9.97 Å². The zero-order valence-electron chi connectivity index (χ0n) is 13.5. The van der Waals surface area contributed by atoms with Gasteiger partial charge in [0, 0.05) is 5.02 Å². The Morgan fingerprint density at radius 3 is 2.96 bits per heavy atom. The van der Waals surface area contributed by atoms with Crippen molar-refractivity contribution in [3.05, 3.63) is 29.4 Å². The minimum absolute atomic E-state index is 0.612.